The van der Waals surface area contributed by atoms with Crippen molar-refractivity contribution in [1.82, 2.24) is 4.31 Å². The summed E-state index contributed by atoms with van der Waals surface area (Å²) >= 11 is 0. The van der Waals surface area contributed by atoms with E-state index >= 15 is 0 Å². The summed E-state index contributed by atoms with van der Waals surface area (Å²) in [5.41, 5.74) is 5.75. The molecule has 2 fully saturated rings. The zero-order valence-electron chi connectivity index (χ0n) is 9.51. The van der Waals surface area contributed by atoms with Crippen molar-refractivity contribution in [2.45, 2.75) is 31.7 Å². The molecule has 0 aromatic heterocycles. The second-order valence-electron chi connectivity index (χ2n) is 4.78. The minimum Gasteiger partial charge on any atom is -0.328 e. The van der Waals surface area contributed by atoms with Crippen molar-refractivity contribution in [3.8, 4) is 0 Å². The van der Waals surface area contributed by atoms with E-state index in [1.165, 1.54) is 12.8 Å². The zero-order valence-corrected chi connectivity index (χ0v) is 10.3. The summed E-state index contributed by atoms with van der Waals surface area (Å²) in [5.74, 6) is 0.795. The SMILES string of the molecule is NC1CCN(S(=O)(=O)CC=CC2CC2)CC1. The first-order valence-electron chi connectivity index (χ1n) is 5.98. The molecule has 2 rings (SSSR count). The highest BCUT2D eigenvalue weighted by Crippen LogP contribution is 2.30. The molecular weight excluding hydrogens is 224 g/mol. The van der Waals surface area contributed by atoms with Crippen molar-refractivity contribution in [2.24, 2.45) is 11.7 Å². The Balaban J connectivity index is 1.85. The predicted octanol–water partition coefficient (Wildman–Crippen LogP) is 0.705. The molecule has 1 aliphatic carbocycles. The molecule has 2 aliphatic rings. The van der Waals surface area contributed by atoms with Gasteiger partial charge in [-0.15, -0.1) is 0 Å². The van der Waals surface area contributed by atoms with Gasteiger partial charge >= 0.3 is 0 Å². The van der Waals surface area contributed by atoms with E-state index < -0.39 is 10.0 Å². The van der Waals surface area contributed by atoms with Gasteiger partial charge in [-0.25, -0.2) is 12.7 Å². The fraction of sp³-hybridized carbons (Fsp3) is 0.818. The first-order chi connectivity index (χ1) is 7.58. The van der Waals surface area contributed by atoms with Crippen LogP contribution in [0, 0.1) is 5.92 Å². The average molecular weight is 244 g/mol. The number of hydrogen-bond acceptors (Lipinski definition) is 3. The molecule has 1 aliphatic heterocycles. The molecule has 0 spiro atoms. The molecule has 2 N–H and O–H groups in total. The Hall–Kier alpha value is -0.390. The molecule has 1 heterocycles. The largest absolute Gasteiger partial charge is 0.328 e. The van der Waals surface area contributed by atoms with Gasteiger partial charge in [-0.05, 0) is 31.6 Å². The van der Waals surface area contributed by atoms with Crippen molar-refractivity contribution in [2.75, 3.05) is 18.8 Å². The number of rotatable bonds is 4. The van der Waals surface area contributed by atoms with Gasteiger partial charge in [-0.1, -0.05) is 12.2 Å². The van der Waals surface area contributed by atoms with Gasteiger partial charge in [-0.2, -0.15) is 0 Å². The minimum absolute atomic E-state index is 0.152. The van der Waals surface area contributed by atoms with Crippen LogP contribution in [0.15, 0.2) is 12.2 Å². The van der Waals surface area contributed by atoms with Crippen LogP contribution < -0.4 is 5.73 Å². The van der Waals surface area contributed by atoms with Crippen LogP contribution in [0.3, 0.4) is 0 Å². The summed E-state index contributed by atoms with van der Waals surface area (Å²) in [6, 6.07) is 0.174. The first kappa shape index (κ1) is 12.1. The van der Waals surface area contributed by atoms with Gasteiger partial charge in [0.05, 0.1) is 5.75 Å². The molecule has 0 aromatic carbocycles. The topological polar surface area (TPSA) is 63.4 Å². The van der Waals surface area contributed by atoms with Crippen molar-refractivity contribution < 1.29 is 8.42 Å². The lowest BCUT2D eigenvalue weighted by Gasteiger charge is -2.28. The summed E-state index contributed by atoms with van der Waals surface area (Å²) in [7, 11) is -3.08. The summed E-state index contributed by atoms with van der Waals surface area (Å²) in [6.45, 7) is 1.17. The standard InChI is InChI=1S/C11H20N2O2S/c12-11-5-7-13(8-6-11)16(14,15)9-1-2-10-3-4-10/h1-2,10-11H,3-9,12H2. The Morgan fingerprint density at radius 2 is 1.81 bits per heavy atom. The van der Waals surface area contributed by atoms with Crippen LogP contribution in [0.2, 0.25) is 0 Å². The Morgan fingerprint density at radius 3 is 2.38 bits per heavy atom. The highest BCUT2D eigenvalue weighted by molar-refractivity contribution is 7.89. The van der Waals surface area contributed by atoms with Crippen molar-refractivity contribution in [3.05, 3.63) is 12.2 Å². The number of piperidine rings is 1. The van der Waals surface area contributed by atoms with Gasteiger partial charge in [0.2, 0.25) is 10.0 Å². The molecule has 0 unspecified atom stereocenters. The normalized spacial score (nSPS) is 25.3. The number of allylic oxidation sites excluding steroid dienone is 1. The molecule has 1 saturated heterocycles. The molecule has 0 bridgehead atoms. The van der Waals surface area contributed by atoms with Crippen LogP contribution in [0.1, 0.15) is 25.7 Å². The van der Waals surface area contributed by atoms with Crippen molar-refractivity contribution in [1.29, 1.82) is 0 Å². The summed E-state index contributed by atoms with van der Waals surface area (Å²) in [4.78, 5) is 0. The number of nitrogens with zero attached hydrogens (tertiary/aromatic N) is 1. The molecule has 1 saturated carbocycles. The molecule has 16 heavy (non-hydrogen) atoms. The predicted molar refractivity (Wildman–Crippen MR) is 64.4 cm³/mol. The maximum Gasteiger partial charge on any atom is 0.217 e. The maximum absolute atomic E-state index is 11.9. The van der Waals surface area contributed by atoms with Crippen LogP contribution in [0.4, 0.5) is 0 Å². The van der Waals surface area contributed by atoms with Crippen LogP contribution in [0.5, 0.6) is 0 Å². The third-order valence-corrected chi connectivity index (χ3v) is 4.99. The van der Waals surface area contributed by atoms with E-state index in [4.69, 9.17) is 5.73 Å². The number of hydrogen-bond donors (Lipinski definition) is 1. The average Bonchev–Trinajstić information content (AvgIpc) is 3.02. The van der Waals surface area contributed by atoms with E-state index in [9.17, 15) is 8.42 Å². The minimum atomic E-state index is -3.08. The maximum atomic E-state index is 11.9. The van der Waals surface area contributed by atoms with E-state index in [0.29, 0.717) is 19.0 Å². The van der Waals surface area contributed by atoms with E-state index in [-0.39, 0.29) is 11.8 Å². The van der Waals surface area contributed by atoms with E-state index in [0.717, 1.165) is 12.8 Å². The Morgan fingerprint density at radius 1 is 1.19 bits per heavy atom. The molecule has 0 aromatic rings. The smallest absolute Gasteiger partial charge is 0.217 e. The lowest BCUT2D eigenvalue weighted by Crippen LogP contribution is -2.43. The van der Waals surface area contributed by atoms with Gasteiger partial charge in [-0.3, -0.25) is 0 Å². The fourth-order valence-electron chi connectivity index (χ4n) is 1.92. The second-order valence-corrected chi connectivity index (χ2v) is 6.79. The van der Waals surface area contributed by atoms with Gasteiger partial charge in [0, 0.05) is 19.1 Å². The Bertz CT molecular complexity index is 352. The Kier molecular flexibility index (Phi) is 3.66. The molecule has 0 radical (unpaired) electrons. The Labute approximate surface area is 97.5 Å². The molecule has 4 nitrogen and oxygen atoms in total. The lowest BCUT2D eigenvalue weighted by atomic mass is 10.1. The van der Waals surface area contributed by atoms with Crippen molar-refractivity contribution in [3.63, 3.8) is 0 Å². The molecule has 92 valence electrons. The van der Waals surface area contributed by atoms with E-state index in [1.807, 2.05) is 12.2 Å². The van der Waals surface area contributed by atoms with Gasteiger partial charge < -0.3 is 5.73 Å². The highest BCUT2D eigenvalue weighted by atomic mass is 32.2. The second kappa shape index (κ2) is 4.85. The quantitative estimate of drug-likeness (QED) is 0.741. The first-order valence-corrected chi connectivity index (χ1v) is 7.59. The third kappa shape index (κ3) is 3.30. The van der Waals surface area contributed by atoms with E-state index in [1.54, 1.807) is 4.31 Å². The fourth-order valence-corrected chi connectivity index (χ4v) is 3.25. The number of nitrogens with two attached hydrogens (primary N) is 1. The summed E-state index contributed by atoms with van der Waals surface area (Å²) in [6.07, 6.45) is 7.84. The van der Waals surface area contributed by atoms with E-state index in [2.05, 4.69) is 0 Å². The molecular formula is C11H20N2O2S. The third-order valence-electron chi connectivity index (χ3n) is 3.23. The van der Waals surface area contributed by atoms with Crippen LogP contribution in [-0.4, -0.2) is 37.6 Å². The lowest BCUT2D eigenvalue weighted by molar-refractivity contribution is 0.321. The molecule has 0 atom stereocenters. The van der Waals surface area contributed by atoms with Gasteiger partial charge in [0.1, 0.15) is 0 Å². The van der Waals surface area contributed by atoms with Gasteiger partial charge in [0.15, 0.2) is 0 Å². The van der Waals surface area contributed by atoms with Crippen LogP contribution >= 0.6 is 0 Å². The molecule has 5 heteroatoms. The summed E-state index contributed by atoms with van der Waals surface area (Å²) in [5, 5.41) is 0. The van der Waals surface area contributed by atoms with Gasteiger partial charge in [0.25, 0.3) is 0 Å². The monoisotopic (exact) mass is 244 g/mol. The summed E-state index contributed by atoms with van der Waals surface area (Å²) < 4.78 is 25.4. The van der Waals surface area contributed by atoms with Crippen LogP contribution in [-0.2, 0) is 10.0 Å². The van der Waals surface area contributed by atoms with Crippen molar-refractivity contribution >= 4 is 10.0 Å². The highest BCUT2D eigenvalue weighted by Gasteiger charge is 2.25. The number of sulfonamides is 1. The molecule has 0 amide bonds. The van der Waals surface area contributed by atoms with Crippen LogP contribution in [0.25, 0.3) is 0 Å². The zero-order chi connectivity index (χ0) is 11.6.